The van der Waals surface area contributed by atoms with Gasteiger partial charge in [0, 0.05) is 0 Å². The van der Waals surface area contributed by atoms with E-state index in [2.05, 4.69) is 0 Å². The molecule has 2 rings (SSSR count). The lowest BCUT2D eigenvalue weighted by atomic mass is 9.95. The fraction of sp³-hybridized carbons (Fsp3) is 0.188. The van der Waals surface area contributed by atoms with Gasteiger partial charge < -0.3 is 0 Å². The molecule has 2 aromatic rings. The van der Waals surface area contributed by atoms with E-state index in [0.717, 1.165) is 17.2 Å². The van der Waals surface area contributed by atoms with Gasteiger partial charge in [-0.15, -0.1) is 0 Å². The minimum atomic E-state index is -4.39. The third-order valence-electron chi connectivity index (χ3n) is 3.16. The number of aryl methyl sites for hydroxylation is 1. The zero-order valence-electron chi connectivity index (χ0n) is 10.8. The Bertz CT molecular complexity index is 666. The van der Waals surface area contributed by atoms with E-state index in [-0.39, 0.29) is 12.0 Å². The van der Waals surface area contributed by atoms with Gasteiger partial charge in [-0.25, -0.2) is 0 Å². The van der Waals surface area contributed by atoms with Gasteiger partial charge in [-0.05, 0) is 41.3 Å². The van der Waals surface area contributed by atoms with Gasteiger partial charge in [-0.3, -0.25) is 0 Å². The Morgan fingerprint density at radius 3 is 2.45 bits per heavy atom. The third kappa shape index (κ3) is 2.83. The average molecular weight is 275 g/mol. The fourth-order valence-electron chi connectivity index (χ4n) is 2.10. The summed E-state index contributed by atoms with van der Waals surface area (Å²) in [5.74, 6) is 0. The van der Waals surface area contributed by atoms with Crippen LogP contribution in [0.15, 0.2) is 42.5 Å². The second-order valence-electron chi connectivity index (χ2n) is 4.52. The molecule has 1 nitrogen and oxygen atoms in total. The van der Waals surface area contributed by atoms with E-state index in [4.69, 9.17) is 5.26 Å². The van der Waals surface area contributed by atoms with Gasteiger partial charge in [0.2, 0.25) is 0 Å². The summed E-state index contributed by atoms with van der Waals surface area (Å²) in [4.78, 5) is 0. The molecule has 0 radical (unpaired) electrons. The lowest BCUT2D eigenvalue weighted by molar-refractivity contribution is -0.137. The van der Waals surface area contributed by atoms with Gasteiger partial charge in [0.15, 0.2) is 0 Å². The summed E-state index contributed by atoms with van der Waals surface area (Å²) >= 11 is 0. The van der Waals surface area contributed by atoms with E-state index in [1.165, 1.54) is 12.1 Å². The highest BCUT2D eigenvalue weighted by atomic mass is 19.4. The molecule has 0 saturated heterocycles. The zero-order valence-corrected chi connectivity index (χ0v) is 10.8. The first-order chi connectivity index (χ1) is 9.43. The molecular weight excluding hydrogens is 263 g/mol. The number of halogens is 3. The molecule has 2 aromatic carbocycles. The van der Waals surface area contributed by atoms with E-state index in [0.29, 0.717) is 5.56 Å². The minimum absolute atomic E-state index is 0.138. The van der Waals surface area contributed by atoms with Crippen molar-refractivity contribution in [3.8, 4) is 17.2 Å². The van der Waals surface area contributed by atoms with Crippen LogP contribution in [0, 0.1) is 18.3 Å². The molecule has 0 spiro atoms. The third-order valence-corrected chi connectivity index (χ3v) is 3.16. The molecule has 0 fully saturated rings. The Morgan fingerprint density at radius 2 is 1.80 bits per heavy atom. The van der Waals surface area contributed by atoms with Crippen molar-refractivity contribution >= 4 is 0 Å². The highest BCUT2D eigenvalue weighted by molar-refractivity contribution is 5.69. The van der Waals surface area contributed by atoms with Crippen molar-refractivity contribution < 1.29 is 13.2 Å². The molecule has 0 N–H and O–H groups in total. The molecule has 0 atom stereocenters. The van der Waals surface area contributed by atoms with Gasteiger partial charge in [0.05, 0.1) is 18.1 Å². The van der Waals surface area contributed by atoms with Crippen molar-refractivity contribution in [3.63, 3.8) is 0 Å². The first-order valence-corrected chi connectivity index (χ1v) is 6.06. The molecular formula is C16H12F3N. The minimum Gasteiger partial charge on any atom is -0.198 e. The summed E-state index contributed by atoms with van der Waals surface area (Å²) in [7, 11) is 0. The van der Waals surface area contributed by atoms with Gasteiger partial charge in [-0.2, -0.15) is 18.4 Å². The highest BCUT2D eigenvalue weighted by Crippen LogP contribution is 2.37. The van der Waals surface area contributed by atoms with Crippen LogP contribution in [-0.4, -0.2) is 0 Å². The summed E-state index contributed by atoms with van der Waals surface area (Å²) in [6, 6.07) is 12.5. The second-order valence-corrected chi connectivity index (χ2v) is 4.52. The molecule has 0 aromatic heterocycles. The van der Waals surface area contributed by atoms with E-state index in [9.17, 15) is 13.2 Å². The average Bonchev–Trinajstić information content (AvgIpc) is 2.41. The van der Waals surface area contributed by atoms with Gasteiger partial charge >= 0.3 is 6.18 Å². The van der Waals surface area contributed by atoms with Crippen molar-refractivity contribution in [2.24, 2.45) is 0 Å². The van der Waals surface area contributed by atoms with Crippen LogP contribution in [0.4, 0.5) is 13.2 Å². The molecule has 0 unspecified atom stereocenters. The molecule has 0 aliphatic rings. The number of alkyl halides is 3. The van der Waals surface area contributed by atoms with Crippen LogP contribution in [-0.2, 0) is 12.6 Å². The normalized spacial score (nSPS) is 11.2. The summed E-state index contributed by atoms with van der Waals surface area (Å²) < 4.78 is 39.0. The summed E-state index contributed by atoms with van der Waals surface area (Å²) in [6.07, 6.45) is -4.20. The fourth-order valence-corrected chi connectivity index (χ4v) is 2.10. The summed E-state index contributed by atoms with van der Waals surface area (Å²) in [6.45, 7) is 1.84. The van der Waals surface area contributed by atoms with Crippen molar-refractivity contribution in [1.29, 1.82) is 5.26 Å². The Hall–Kier alpha value is -2.28. The van der Waals surface area contributed by atoms with E-state index >= 15 is 0 Å². The molecule has 0 heterocycles. The van der Waals surface area contributed by atoms with Crippen LogP contribution in [0.3, 0.4) is 0 Å². The number of nitriles is 1. The molecule has 102 valence electrons. The van der Waals surface area contributed by atoms with Crippen molar-refractivity contribution in [3.05, 3.63) is 59.2 Å². The molecule has 0 bridgehead atoms. The monoisotopic (exact) mass is 275 g/mol. The predicted molar refractivity (Wildman–Crippen MR) is 70.9 cm³/mol. The van der Waals surface area contributed by atoms with Crippen LogP contribution < -0.4 is 0 Å². The number of nitrogens with zero attached hydrogens (tertiary/aromatic N) is 1. The Kier molecular flexibility index (Phi) is 3.80. The molecule has 0 amide bonds. The maximum atomic E-state index is 13.0. The Balaban J connectivity index is 2.58. The SMILES string of the molecule is Cc1ccc(-c2ccccc2C(F)(F)F)cc1CC#N. The second kappa shape index (κ2) is 5.38. The molecule has 20 heavy (non-hydrogen) atoms. The first-order valence-electron chi connectivity index (χ1n) is 6.06. The van der Waals surface area contributed by atoms with Crippen LogP contribution in [0.2, 0.25) is 0 Å². The number of benzene rings is 2. The topological polar surface area (TPSA) is 23.8 Å². The van der Waals surface area contributed by atoms with Crippen LogP contribution in [0.5, 0.6) is 0 Å². The van der Waals surface area contributed by atoms with Crippen molar-refractivity contribution in [2.45, 2.75) is 19.5 Å². The van der Waals surface area contributed by atoms with Gasteiger partial charge in [0.1, 0.15) is 0 Å². The number of hydrogen-bond acceptors (Lipinski definition) is 1. The Morgan fingerprint density at radius 1 is 1.10 bits per heavy atom. The predicted octanol–water partition coefficient (Wildman–Crippen LogP) is 4.75. The molecule has 0 aliphatic carbocycles. The number of rotatable bonds is 2. The quantitative estimate of drug-likeness (QED) is 0.776. The standard InChI is InChI=1S/C16H12F3N/c1-11-6-7-13(10-12(11)8-9-20)14-4-2-3-5-15(14)16(17,18)19/h2-7,10H,8H2,1H3. The van der Waals surface area contributed by atoms with Gasteiger partial charge in [0.25, 0.3) is 0 Å². The van der Waals surface area contributed by atoms with Gasteiger partial charge in [-0.1, -0.05) is 30.3 Å². The van der Waals surface area contributed by atoms with E-state index < -0.39 is 11.7 Å². The Labute approximate surface area is 115 Å². The molecule has 0 aliphatic heterocycles. The zero-order chi connectivity index (χ0) is 14.8. The van der Waals surface area contributed by atoms with E-state index in [1.54, 1.807) is 24.3 Å². The maximum absolute atomic E-state index is 13.0. The lowest BCUT2D eigenvalue weighted by Gasteiger charge is -2.14. The van der Waals surface area contributed by atoms with Crippen LogP contribution in [0.1, 0.15) is 16.7 Å². The smallest absolute Gasteiger partial charge is 0.198 e. The van der Waals surface area contributed by atoms with Crippen LogP contribution in [0.25, 0.3) is 11.1 Å². The maximum Gasteiger partial charge on any atom is 0.417 e. The first kappa shape index (κ1) is 14.1. The van der Waals surface area contributed by atoms with Crippen LogP contribution >= 0.6 is 0 Å². The largest absolute Gasteiger partial charge is 0.417 e. The highest BCUT2D eigenvalue weighted by Gasteiger charge is 2.33. The molecule has 0 saturated carbocycles. The lowest BCUT2D eigenvalue weighted by Crippen LogP contribution is -2.07. The molecule has 4 heteroatoms. The summed E-state index contributed by atoms with van der Waals surface area (Å²) in [5.41, 5.74) is 1.61. The summed E-state index contributed by atoms with van der Waals surface area (Å²) in [5, 5.41) is 8.76. The number of hydrogen-bond donors (Lipinski definition) is 0. The van der Waals surface area contributed by atoms with Crippen molar-refractivity contribution in [1.82, 2.24) is 0 Å². The van der Waals surface area contributed by atoms with Crippen molar-refractivity contribution in [2.75, 3.05) is 0 Å². The van der Waals surface area contributed by atoms with E-state index in [1.807, 2.05) is 13.0 Å².